The van der Waals surface area contributed by atoms with Gasteiger partial charge in [0, 0.05) is 20.2 Å². The van der Waals surface area contributed by atoms with Gasteiger partial charge in [-0.3, -0.25) is 4.79 Å². The van der Waals surface area contributed by atoms with Crippen LogP contribution in [-0.2, 0) is 9.53 Å². The Morgan fingerprint density at radius 2 is 2.33 bits per heavy atom. The molecule has 0 aromatic heterocycles. The predicted molar refractivity (Wildman–Crippen MR) is 59.8 cm³/mol. The summed E-state index contributed by atoms with van der Waals surface area (Å²) in [5, 5.41) is 3.27. The molecule has 4 nitrogen and oxygen atoms in total. The van der Waals surface area contributed by atoms with Crippen molar-refractivity contribution >= 4 is 5.91 Å². The van der Waals surface area contributed by atoms with E-state index in [0.29, 0.717) is 19.8 Å². The van der Waals surface area contributed by atoms with Crippen molar-refractivity contribution in [2.75, 3.05) is 33.4 Å². The third kappa shape index (κ3) is 3.18. The van der Waals surface area contributed by atoms with Gasteiger partial charge in [-0.15, -0.1) is 0 Å². The Morgan fingerprint density at radius 3 is 2.87 bits per heavy atom. The lowest BCUT2D eigenvalue weighted by Gasteiger charge is -2.29. The molecule has 1 aliphatic rings. The number of nitrogens with zero attached hydrogens (tertiary/aromatic N) is 1. The van der Waals surface area contributed by atoms with E-state index in [1.165, 1.54) is 0 Å². The van der Waals surface area contributed by atoms with Gasteiger partial charge in [-0.25, -0.2) is 0 Å². The molecule has 0 bridgehead atoms. The highest BCUT2D eigenvalue weighted by atomic mass is 16.5. The van der Waals surface area contributed by atoms with E-state index in [4.69, 9.17) is 4.74 Å². The summed E-state index contributed by atoms with van der Waals surface area (Å²) in [4.78, 5) is 13.8. The highest BCUT2D eigenvalue weighted by molar-refractivity contribution is 5.86. The van der Waals surface area contributed by atoms with Crippen LogP contribution < -0.4 is 5.32 Å². The number of hydrogen-bond donors (Lipinski definition) is 1. The summed E-state index contributed by atoms with van der Waals surface area (Å²) in [5.41, 5.74) is -0.346. The molecule has 0 saturated carbocycles. The van der Waals surface area contributed by atoms with E-state index in [-0.39, 0.29) is 11.4 Å². The SMILES string of the molecule is CCOCCN(C)C(=O)C1(C)CCCN1. The molecule has 1 amide bonds. The second-order valence-electron chi connectivity index (χ2n) is 4.29. The molecular weight excluding hydrogens is 192 g/mol. The van der Waals surface area contributed by atoms with Crippen molar-refractivity contribution in [1.82, 2.24) is 10.2 Å². The first-order valence-corrected chi connectivity index (χ1v) is 5.68. The van der Waals surface area contributed by atoms with E-state index in [9.17, 15) is 4.79 Å². The van der Waals surface area contributed by atoms with E-state index >= 15 is 0 Å². The Bertz CT molecular complexity index is 213. The fourth-order valence-corrected chi connectivity index (χ4v) is 1.95. The standard InChI is InChI=1S/C11H22N2O2/c1-4-15-9-8-13(3)10(14)11(2)6-5-7-12-11/h12H,4-9H2,1-3H3. The largest absolute Gasteiger partial charge is 0.380 e. The van der Waals surface area contributed by atoms with Crippen molar-refractivity contribution in [3.63, 3.8) is 0 Å². The molecule has 0 aromatic rings. The van der Waals surface area contributed by atoms with E-state index in [2.05, 4.69) is 5.32 Å². The van der Waals surface area contributed by atoms with Crippen molar-refractivity contribution in [3.8, 4) is 0 Å². The maximum absolute atomic E-state index is 12.1. The molecule has 1 unspecified atom stereocenters. The molecular formula is C11H22N2O2. The minimum absolute atomic E-state index is 0.180. The zero-order valence-corrected chi connectivity index (χ0v) is 10.0. The maximum atomic E-state index is 12.1. The molecule has 1 fully saturated rings. The summed E-state index contributed by atoms with van der Waals surface area (Å²) in [6.07, 6.45) is 2.02. The fraction of sp³-hybridized carbons (Fsp3) is 0.909. The van der Waals surface area contributed by atoms with Crippen LogP contribution >= 0.6 is 0 Å². The van der Waals surface area contributed by atoms with E-state index < -0.39 is 0 Å². The van der Waals surface area contributed by atoms with Crippen LogP contribution in [0.4, 0.5) is 0 Å². The minimum atomic E-state index is -0.346. The summed E-state index contributed by atoms with van der Waals surface area (Å²) >= 11 is 0. The van der Waals surface area contributed by atoms with Gasteiger partial charge in [0.05, 0.1) is 12.1 Å². The fourth-order valence-electron chi connectivity index (χ4n) is 1.95. The molecule has 0 radical (unpaired) electrons. The molecule has 1 rings (SSSR count). The maximum Gasteiger partial charge on any atom is 0.242 e. The molecule has 1 saturated heterocycles. The average Bonchev–Trinajstić information content (AvgIpc) is 2.65. The normalized spacial score (nSPS) is 25.5. The second kappa shape index (κ2) is 5.47. The molecule has 1 atom stereocenters. The summed E-state index contributed by atoms with van der Waals surface area (Å²) in [7, 11) is 1.84. The van der Waals surface area contributed by atoms with Crippen molar-refractivity contribution in [2.45, 2.75) is 32.2 Å². The van der Waals surface area contributed by atoms with Crippen LogP contribution in [0.15, 0.2) is 0 Å². The first-order chi connectivity index (χ1) is 7.10. The van der Waals surface area contributed by atoms with Gasteiger partial charge >= 0.3 is 0 Å². The van der Waals surface area contributed by atoms with Crippen molar-refractivity contribution in [1.29, 1.82) is 0 Å². The minimum Gasteiger partial charge on any atom is -0.380 e. The molecule has 1 aliphatic heterocycles. The average molecular weight is 214 g/mol. The van der Waals surface area contributed by atoms with E-state index in [1.54, 1.807) is 4.90 Å². The monoisotopic (exact) mass is 214 g/mol. The molecule has 0 aromatic carbocycles. The topological polar surface area (TPSA) is 41.6 Å². The molecule has 15 heavy (non-hydrogen) atoms. The van der Waals surface area contributed by atoms with Crippen LogP contribution in [0.25, 0.3) is 0 Å². The van der Waals surface area contributed by atoms with Gasteiger partial charge in [-0.05, 0) is 33.2 Å². The molecule has 1 heterocycles. The number of ether oxygens (including phenoxy) is 1. The number of carbonyl (C=O) groups excluding carboxylic acids is 1. The predicted octanol–water partition coefficient (Wildman–Crippen LogP) is 0.623. The third-order valence-corrected chi connectivity index (χ3v) is 2.96. The van der Waals surface area contributed by atoms with Crippen LogP contribution in [0, 0.1) is 0 Å². The lowest BCUT2D eigenvalue weighted by atomic mass is 9.99. The Morgan fingerprint density at radius 1 is 1.60 bits per heavy atom. The molecule has 4 heteroatoms. The summed E-state index contributed by atoms with van der Waals surface area (Å²) < 4.78 is 5.24. The summed E-state index contributed by atoms with van der Waals surface area (Å²) in [5.74, 6) is 0.180. The Hall–Kier alpha value is -0.610. The van der Waals surface area contributed by atoms with Crippen molar-refractivity contribution < 1.29 is 9.53 Å². The highest BCUT2D eigenvalue weighted by Crippen LogP contribution is 2.20. The van der Waals surface area contributed by atoms with Gasteiger partial charge in [-0.2, -0.15) is 0 Å². The van der Waals surface area contributed by atoms with Crippen LogP contribution in [0.3, 0.4) is 0 Å². The number of likely N-dealkylation sites (N-methyl/N-ethyl adjacent to an activating group) is 1. The zero-order valence-electron chi connectivity index (χ0n) is 10.0. The number of rotatable bonds is 5. The highest BCUT2D eigenvalue weighted by Gasteiger charge is 2.37. The van der Waals surface area contributed by atoms with Crippen LogP contribution in [0.1, 0.15) is 26.7 Å². The van der Waals surface area contributed by atoms with Gasteiger partial charge in [0.15, 0.2) is 0 Å². The Labute approximate surface area is 92.0 Å². The van der Waals surface area contributed by atoms with Gasteiger partial charge < -0.3 is 15.0 Å². The first kappa shape index (κ1) is 12.5. The van der Waals surface area contributed by atoms with Gasteiger partial charge in [-0.1, -0.05) is 0 Å². The quantitative estimate of drug-likeness (QED) is 0.682. The van der Waals surface area contributed by atoms with E-state index in [1.807, 2.05) is 20.9 Å². The van der Waals surface area contributed by atoms with Crippen LogP contribution in [-0.4, -0.2) is 49.7 Å². The Balaban J connectivity index is 2.38. The smallest absolute Gasteiger partial charge is 0.242 e. The van der Waals surface area contributed by atoms with Gasteiger partial charge in [0.2, 0.25) is 5.91 Å². The van der Waals surface area contributed by atoms with E-state index in [0.717, 1.165) is 19.4 Å². The first-order valence-electron chi connectivity index (χ1n) is 5.68. The van der Waals surface area contributed by atoms with Gasteiger partial charge in [0.1, 0.15) is 0 Å². The lowest BCUT2D eigenvalue weighted by Crippen LogP contribution is -2.52. The van der Waals surface area contributed by atoms with Crippen LogP contribution in [0.2, 0.25) is 0 Å². The number of hydrogen-bond acceptors (Lipinski definition) is 3. The summed E-state index contributed by atoms with van der Waals surface area (Å²) in [6, 6.07) is 0. The zero-order chi connectivity index (χ0) is 11.3. The number of amides is 1. The molecule has 88 valence electrons. The van der Waals surface area contributed by atoms with Crippen molar-refractivity contribution in [2.24, 2.45) is 0 Å². The lowest BCUT2D eigenvalue weighted by molar-refractivity contribution is -0.136. The van der Waals surface area contributed by atoms with Crippen LogP contribution in [0.5, 0.6) is 0 Å². The number of carbonyl (C=O) groups is 1. The molecule has 1 N–H and O–H groups in total. The second-order valence-corrected chi connectivity index (χ2v) is 4.29. The summed E-state index contributed by atoms with van der Waals surface area (Å²) in [6.45, 7) is 6.89. The van der Waals surface area contributed by atoms with Gasteiger partial charge in [0.25, 0.3) is 0 Å². The third-order valence-electron chi connectivity index (χ3n) is 2.96. The molecule has 0 aliphatic carbocycles. The van der Waals surface area contributed by atoms with Crippen molar-refractivity contribution in [3.05, 3.63) is 0 Å². The molecule has 0 spiro atoms. The number of nitrogens with one attached hydrogen (secondary N) is 1. The Kier molecular flexibility index (Phi) is 4.54.